The van der Waals surface area contributed by atoms with E-state index in [1.807, 2.05) is 6.92 Å². The summed E-state index contributed by atoms with van der Waals surface area (Å²) in [6.07, 6.45) is 3.02. The van der Waals surface area contributed by atoms with Crippen LogP contribution < -0.4 is 5.32 Å². The van der Waals surface area contributed by atoms with Gasteiger partial charge >= 0.3 is 12.0 Å². The highest BCUT2D eigenvalue weighted by atomic mass is 16.4. The Bertz CT molecular complexity index is 300. The van der Waals surface area contributed by atoms with Gasteiger partial charge in [-0.2, -0.15) is 0 Å². The zero-order chi connectivity index (χ0) is 13.7. The molecular formula is C12H22N2O4. The van der Waals surface area contributed by atoms with Gasteiger partial charge in [0.2, 0.25) is 0 Å². The molecule has 0 aromatic carbocycles. The largest absolute Gasteiger partial charge is 0.480 e. The van der Waals surface area contributed by atoms with E-state index in [1.54, 1.807) is 4.90 Å². The summed E-state index contributed by atoms with van der Waals surface area (Å²) < 4.78 is 0. The number of urea groups is 1. The van der Waals surface area contributed by atoms with E-state index >= 15 is 0 Å². The first-order valence-electron chi connectivity index (χ1n) is 6.45. The van der Waals surface area contributed by atoms with Crippen molar-refractivity contribution in [2.75, 3.05) is 6.54 Å². The van der Waals surface area contributed by atoms with Crippen molar-refractivity contribution in [3.8, 4) is 0 Å². The molecule has 1 aliphatic rings. The molecule has 104 valence electrons. The number of carbonyl (C=O) groups is 2. The van der Waals surface area contributed by atoms with Gasteiger partial charge in [0.05, 0.1) is 6.10 Å². The van der Waals surface area contributed by atoms with Crippen LogP contribution in [-0.2, 0) is 4.79 Å². The van der Waals surface area contributed by atoms with E-state index in [-0.39, 0.29) is 6.04 Å². The van der Waals surface area contributed by atoms with Gasteiger partial charge < -0.3 is 20.4 Å². The number of carboxylic acid groups (broad SMARTS) is 1. The van der Waals surface area contributed by atoms with Gasteiger partial charge in [-0.3, -0.25) is 0 Å². The van der Waals surface area contributed by atoms with Crippen molar-refractivity contribution in [3.63, 3.8) is 0 Å². The Hall–Kier alpha value is -1.30. The highest BCUT2D eigenvalue weighted by Crippen LogP contribution is 2.23. The maximum Gasteiger partial charge on any atom is 0.328 e. The number of carbonyl (C=O) groups excluding carboxylic acids is 1. The van der Waals surface area contributed by atoms with Gasteiger partial charge in [0.15, 0.2) is 6.04 Å². The first kappa shape index (κ1) is 14.8. The fourth-order valence-corrected chi connectivity index (χ4v) is 2.39. The Labute approximate surface area is 107 Å². The number of aliphatic carboxylic acids is 1. The van der Waals surface area contributed by atoms with Crippen molar-refractivity contribution >= 4 is 12.0 Å². The second-order valence-corrected chi connectivity index (χ2v) is 4.73. The van der Waals surface area contributed by atoms with Crippen LogP contribution in [0.4, 0.5) is 4.79 Å². The fraction of sp³-hybridized carbons (Fsp3) is 0.833. The topological polar surface area (TPSA) is 89.9 Å². The smallest absolute Gasteiger partial charge is 0.328 e. The van der Waals surface area contributed by atoms with Crippen LogP contribution in [-0.4, -0.2) is 51.8 Å². The molecule has 0 saturated heterocycles. The standard InChI is InChI=1S/C12H22N2O4/c1-3-14(9-6-4-5-7-9)12(18)13-10(8(2)15)11(16)17/h8-10,15H,3-7H2,1-2H3,(H,13,18)(H,16,17)/t8-,10+/m1/s1. The van der Waals surface area contributed by atoms with Crippen LogP contribution >= 0.6 is 0 Å². The number of hydrogen-bond acceptors (Lipinski definition) is 3. The molecule has 0 spiro atoms. The Morgan fingerprint density at radius 2 is 1.94 bits per heavy atom. The molecule has 2 atom stereocenters. The molecule has 0 unspecified atom stereocenters. The third-order valence-corrected chi connectivity index (χ3v) is 3.39. The molecule has 3 N–H and O–H groups in total. The SMILES string of the molecule is CCN(C(=O)N[C@H](C(=O)O)[C@@H](C)O)C1CCCC1. The summed E-state index contributed by atoms with van der Waals surface area (Å²) in [5, 5.41) is 20.6. The molecule has 0 aromatic heterocycles. The number of aliphatic hydroxyl groups excluding tert-OH is 1. The summed E-state index contributed by atoms with van der Waals surface area (Å²) in [6.45, 7) is 3.77. The molecule has 18 heavy (non-hydrogen) atoms. The molecule has 1 rings (SSSR count). The molecule has 0 aromatic rings. The minimum absolute atomic E-state index is 0.193. The molecule has 1 fully saturated rings. The van der Waals surface area contributed by atoms with Crippen molar-refractivity contribution in [1.29, 1.82) is 0 Å². The van der Waals surface area contributed by atoms with Gasteiger partial charge in [-0.05, 0) is 26.7 Å². The van der Waals surface area contributed by atoms with E-state index in [1.165, 1.54) is 6.92 Å². The lowest BCUT2D eigenvalue weighted by Gasteiger charge is -2.29. The Morgan fingerprint density at radius 3 is 2.33 bits per heavy atom. The van der Waals surface area contributed by atoms with Gasteiger partial charge in [0.1, 0.15) is 0 Å². The molecule has 0 aliphatic heterocycles. The monoisotopic (exact) mass is 258 g/mol. The predicted octanol–water partition coefficient (Wildman–Crippen LogP) is 0.794. The van der Waals surface area contributed by atoms with E-state index in [2.05, 4.69) is 5.32 Å². The van der Waals surface area contributed by atoms with E-state index in [0.29, 0.717) is 6.54 Å². The number of aliphatic hydroxyl groups is 1. The van der Waals surface area contributed by atoms with Gasteiger partial charge in [0, 0.05) is 12.6 Å². The van der Waals surface area contributed by atoms with Crippen LogP contribution in [0.1, 0.15) is 39.5 Å². The van der Waals surface area contributed by atoms with Crippen molar-refractivity contribution in [2.45, 2.75) is 57.7 Å². The highest BCUT2D eigenvalue weighted by Gasteiger charge is 2.30. The number of nitrogens with zero attached hydrogens (tertiary/aromatic N) is 1. The first-order chi connectivity index (χ1) is 8.47. The van der Waals surface area contributed by atoms with Crippen LogP contribution in [0.25, 0.3) is 0 Å². The van der Waals surface area contributed by atoms with E-state index in [4.69, 9.17) is 5.11 Å². The summed E-state index contributed by atoms with van der Waals surface area (Å²) in [6, 6.07) is -1.47. The molecular weight excluding hydrogens is 236 g/mol. The second kappa shape index (κ2) is 6.58. The van der Waals surface area contributed by atoms with Gasteiger partial charge in [-0.1, -0.05) is 12.8 Å². The lowest BCUT2D eigenvalue weighted by molar-refractivity contribution is -0.141. The van der Waals surface area contributed by atoms with Crippen molar-refractivity contribution in [2.24, 2.45) is 0 Å². The summed E-state index contributed by atoms with van der Waals surface area (Å²) >= 11 is 0. The maximum atomic E-state index is 12.0. The molecule has 0 radical (unpaired) electrons. The first-order valence-corrected chi connectivity index (χ1v) is 6.45. The summed E-state index contributed by atoms with van der Waals surface area (Å²) in [4.78, 5) is 24.6. The zero-order valence-electron chi connectivity index (χ0n) is 10.9. The molecule has 6 heteroatoms. The average molecular weight is 258 g/mol. The number of rotatable bonds is 5. The zero-order valence-corrected chi connectivity index (χ0v) is 10.9. The molecule has 0 bridgehead atoms. The normalized spacial score (nSPS) is 19.3. The van der Waals surface area contributed by atoms with E-state index in [0.717, 1.165) is 25.7 Å². The van der Waals surface area contributed by atoms with Crippen LogP contribution in [0.15, 0.2) is 0 Å². The minimum atomic E-state index is -1.26. The highest BCUT2D eigenvalue weighted by molar-refractivity contribution is 5.83. The maximum absolute atomic E-state index is 12.0. The van der Waals surface area contributed by atoms with Crippen molar-refractivity contribution in [1.82, 2.24) is 10.2 Å². The number of nitrogens with one attached hydrogen (secondary N) is 1. The molecule has 2 amide bonds. The third-order valence-electron chi connectivity index (χ3n) is 3.39. The van der Waals surface area contributed by atoms with Crippen LogP contribution in [0, 0.1) is 0 Å². The summed E-state index contributed by atoms with van der Waals surface area (Å²) in [5.74, 6) is -1.22. The molecule has 6 nitrogen and oxygen atoms in total. The second-order valence-electron chi connectivity index (χ2n) is 4.73. The molecule has 1 aliphatic carbocycles. The van der Waals surface area contributed by atoms with Crippen LogP contribution in [0.2, 0.25) is 0 Å². The lowest BCUT2D eigenvalue weighted by Crippen LogP contribution is -2.54. The van der Waals surface area contributed by atoms with Crippen LogP contribution in [0.3, 0.4) is 0 Å². The van der Waals surface area contributed by atoms with Gasteiger partial charge in [-0.15, -0.1) is 0 Å². The molecule has 1 saturated carbocycles. The van der Waals surface area contributed by atoms with Gasteiger partial charge in [-0.25, -0.2) is 9.59 Å². The third kappa shape index (κ3) is 3.60. The Morgan fingerprint density at radius 1 is 1.39 bits per heavy atom. The summed E-state index contributed by atoms with van der Waals surface area (Å²) in [5.41, 5.74) is 0. The lowest BCUT2D eigenvalue weighted by atomic mass is 10.2. The predicted molar refractivity (Wildman–Crippen MR) is 66.3 cm³/mol. The summed E-state index contributed by atoms with van der Waals surface area (Å²) in [7, 11) is 0. The van der Waals surface area contributed by atoms with Gasteiger partial charge in [0.25, 0.3) is 0 Å². The number of carboxylic acids is 1. The quantitative estimate of drug-likeness (QED) is 0.680. The van der Waals surface area contributed by atoms with E-state index in [9.17, 15) is 14.7 Å². The van der Waals surface area contributed by atoms with E-state index < -0.39 is 24.1 Å². The van der Waals surface area contributed by atoms with Crippen molar-refractivity contribution in [3.05, 3.63) is 0 Å². The minimum Gasteiger partial charge on any atom is -0.480 e. The Kier molecular flexibility index (Phi) is 5.40. The Balaban J connectivity index is 2.63. The average Bonchev–Trinajstić information content (AvgIpc) is 2.79. The van der Waals surface area contributed by atoms with Crippen molar-refractivity contribution < 1.29 is 19.8 Å². The number of hydrogen-bond donors (Lipinski definition) is 3. The molecule has 0 heterocycles. The fourth-order valence-electron chi connectivity index (χ4n) is 2.39. The number of amides is 2. The van der Waals surface area contributed by atoms with Crippen LogP contribution in [0.5, 0.6) is 0 Å².